The topological polar surface area (TPSA) is 72.9 Å². The highest BCUT2D eigenvalue weighted by molar-refractivity contribution is 7.98. The van der Waals surface area contributed by atoms with Crippen LogP contribution in [0.5, 0.6) is 5.75 Å². The summed E-state index contributed by atoms with van der Waals surface area (Å²) in [6, 6.07) is 12.8. The molecule has 1 unspecified atom stereocenters. The smallest absolute Gasteiger partial charge is 0.329 e. The summed E-state index contributed by atoms with van der Waals surface area (Å²) in [5.74, 6) is -0.157. The average molecular weight is 399 g/mol. The van der Waals surface area contributed by atoms with E-state index in [1.54, 1.807) is 67.4 Å². The minimum Gasteiger partial charge on any atom is -0.497 e. The van der Waals surface area contributed by atoms with Gasteiger partial charge < -0.3 is 9.47 Å². The van der Waals surface area contributed by atoms with E-state index in [0.29, 0.717) is 29.1 Å². The maximum Gasteiger partial charge on any atom is 0.329 e. The van der Waals surface area contributed by atoms with Crippen LogP contribution in [0.3, 0.4) is 0 Å². The molecule has 0 radical (unpaired) electrons. The Balaban J connectivity index is 1.75. The molecule has 1 atom stereocenters. The van der Waals surface area contributed by atoms with Crippen molar-refractivity contribution >= 4 is 29.5 Å². The summed E-state index contributed by atoms with van der Waals surface area (Å²) in [6.07, 6.45) is 2.25. The molecule has 0 aromatic heterocycles. The highest BCUT2D eigenvalue weighted by Crippen LogP contribution is 2.27. The van der Waals surface area contributed by atoms with Crippen LogP contribution in [-0.4, -0.2) is 47.8 Å². The molecule has 1 aliphatic heterocycles. The van der Waals surface area contributed by atoms with Crippen LogP contribution in [0.4, 0.5) is 0 Å². The Morgan fingerprint density at radius 2 is 1.64 bits per heavy atom. The number of amides is 2. The van der Waals surface area contributed by atoms with E-state index < -0.39 is 23.8 Å². The Morgan fingerprint density at radius 3 is 2.18 bits per heavy atom. The van der Waals surface area contributed by atoms with Gasteiger partial charge in [0, 0.05) is 0 Å². The quantitative estimate of drug-likeness (QED) is 0.502. The molecule has 7 heteroatoms. The molecule has 0 bridgehead atoms. The summed E-state index contributed by atoms with van der Waals surface area (Å²) in [6.45, 7) is 0.0573. The highest BCUT2D eigenvalue weighted by atomic mass is 32.2. The molecule has 3 rings (SSSR count). The lowest BCUT2D eigenvalue weighted by Gasteiger charge is -2.24. The van der Waals surface area contributed by atoms with Gasteiger partial charge in [-0.1, -0.05) is 24.3 Å². The van der Waals surface area contributed by atoms with Gasteiger partial charge in [-0.2, -0.15) is 11.8 Å². The van der Waals surface area contributed by atoms with Crippen molar-refractivity contribution in [3.05, 3.63) is 65.2 Å². The van der Waals surface area contributed by atoms with E-state index in [1.807, 2.05) is 6.26 Å². The Kier molecular flexibility index (Phi) is 6.36. The minimum absolute atomic E-state index is 0.0573. The molecule has 0 aliphatic carbocycles. The molecular weight excluding hydrogens is 378 g/mol. The number of carbonyl (C=O) groups excluding carboxylic acids is 3. The van der Waals surface area contributed by atoms with Crippen molar-refractivity contribution in [1.82, 2.24) is 4.90 Å². The van der Waals surface area contributed by atoms with Crippen molar-refractivity contribution in [2.75, 3.05) is 19.1 Å². The first-order valence-electron chi connectivity index (χ1n) is 8.82. The van der Waals surface area contributed by atoms with Crippen molar-refractivity contribution in [2.24, 2.45) is 0 Å². The van der Waals surface area contributed by atoms with E-state index in [1.165, 1.54) is 0 Å². The van der Waals surface area contributed by atoms with Gasteiger partial charge in [-0.05, 0) is 48.3 Å². The molecule has 1 heterocycles. The van der Waals surface area contributed by atoms with Crippen LogP contribution in [0.15, 0.2) is 48.5 Å². The molecule has 0 saturated carbocycles. The van der Waals surface area contributed by atoms with Gasteiger partial charge in [0.25, 0.3) is 11.8 Å². The summed E-state index contributed by atoms with van der Waals surface area (Å²) < 4.78 is 10.5. The molecule has 0 N–H and O–H groups in total. The highest BCUT2D eigenvalue weighted by Gasteiger charge is 2.43. The number of benzene rings is 2. The van der Waals surface area contributed by atoms with Crippen molar-refractivity contribution in [3.63, 3.8) is 0 Å². The minimum atomic E-state index is -0.946. The van der Waals surface area contributed by atoms with Gasteiger partial charge in [0.15, 0.2) is 0 Å². The monoisotopic (exact) mass is 399 g/mol. The Labute approximate surface area is 167 Å². The lowest BCUT2D eigenvalue weighted by atomic mass is 10.1. The summed E-state index contributed by atoms with van der Waals surface area (Å²) >= 11 is 1.54. The zero-order valence-corrected chi connectivity index (χ0v) is 16.5. The first-order chi connectivity index (χ1) is 13.6. The van der Waals surface area contributed by atoms with E-state index in [4.69, 9.17) is 9.47 Å². The number of fused-ring (bicyclic) bond motifs is 1. The van der Waals surface area contributed by atoms with Gasteiger partial charge in [0.1, 0.15) is 18.4 Å². The van der Waals surface area contributed by atoms with Gasteiger partial charge in [0.05, 0.1) is 18.2 Å². The fourth-order valence-electron chi connectivity index (χ4n) is 3.05. The lowest BCUT2D eigenvalue weighted by Crippen LogP contribution is -2.46. The van der Waals surface area contributed by atoms with Crippen LogP contribution in [0.25, 0.3) is 0 Å². The molecule has 1 aliphatic rings. The molecule has 2 amide bonds. The number of rotatable bonds is 8. The number of hydrogen-bond acceptors (Lipinski definition) is 6. The first kappa shape index (κ1) is 19.9. The molecule has 2 aromatic rings. The maximum atomic E-state index is 12.8. The van der Waals surface area contributed by atoms with Gasteiger partial charge in [-0.25, -0.2) is 4.79 Å². The molecular formula is C21H21NO5S. The summed E-state index contributed by atoms with van der Waals surface area (Å²) in [5.41, 5.74) is 1.44. The van der Waals surface area contributed by atoms with E-state index in [2.05, 4.69) is 0 Å². The molecule has 6 nitrogen and oxygen atoms in total. The van der Waals surface area contributed by atoms with E-state index in [-0.39, 0.29) is 6.61 Å². The standard InChI is InChI=1S/C21H21NO5S/c1-26-15-9-7-14(8-10-15)13-27-21(25)18(11-12-28-2)22-19(23)16-5-3-4-6-17(16)20(22)24/h3-10,18H,11-13H2,1-2H3. The molecule has 0 saturated heterocycles. The lowest BCUT2D eigenvalue weighted by molar-refractivity contribution is -0.149. The number of methoxy groups -OCH3 is 1. The predicted molar refractivity (Wildman–Crippen MR) is 107 cm³/mol. The second kappa shape index (κ2) is 8.93. The number of hydrogen-bond donors (Lipinski definition) is 0. The average Bonchev–Trinajstić information content (AvgIpc) is 2.98. The molecule has 28 heavy (non-hydrogen) atoms. The zero-order chi connectivity index (χ0) is 20.1. The second-order valence-electron chi connectivity index (χ2n) is 6.28. The maximum absolute atomic E-state index is 12.8. The normalized spacial score (nSPS) is 14.0. The van der Waals surface area contributed by atoms with Crippen LogP contribution in [0.2, 0.25) is 0 Å². The summed E-state index contributed by atoms with van der Waals surface area (Å²) in [4.78, 5) is 39.3. The van der Waals surface area contributed by atoms with E-state index in [9.17, 15) is 14.4 Å². The first-order valence-corrected chi connectivity index (χ1v) is 10.2. The van der Waals surface area contributed by atoms with Gasteiger partial charge >= 0.3 is 5.97 Å². The Hall–Kier alpha value is -2.80. The molecule has 0 spiro atoms. The number of ether oxygens (including phenoxy) is 2. The van der Waals surface area contributed by atoms with E-state index >= 15 is 0 Å². The fourth-order valence-corrected chi connectivity index (χ4v) is 3.50. The third-order valence-electron chi connectivity index (χ3n) is 4.54. The zero-order valence-electron chi connectivity index (χ0n) is 15.7. The van der Waals surface area contributed by atoms with Crippen LogP contribution < -0.4 is 4.74 Å². The summed E-state index contributed by atoms with van der Waals surface area (Å²) in [5, 5.41) is 0. The third kappa shape index (κ3) is 4.04. The van der Waals surface area contributed by atoms with Gasteiger partial charge in [-0.15, -0.1) is 0 Å². The summed E-state index contributed by atoms with van der Waals surface area (Å²) in [7, 11) is 1.58. The van der Waals surface area contributed by atoms with Crippen LogP contribution in [0.1, 0.15) is 32.7 Å². The number of nitrogens with zero attached hydrogens (tertiary/aromatic N) is 1. The second-order valence-corrected chi connectivity index (χ2v) is 7.26. The van der Waals surface area contributed by atoms with Gasteiger partial charge in [0.2, 0.25) is 0 Å². The molecule has 2 aromatic carbocycles. The van der Waals surface area contributed by atoms with Crippen molar-refractivity contribution < 1.29 is 23.9 Å². The van der Waals surface area contributed by atoms with Crippen LogP contribution >= 0.6 is 11.8 Å². The predicted octanol–water partition coefficient (Wildman–Crippen LogP) is 3.16. The van der Waals surface area contributed by atoms with Gasteiger partial charge in [-0.3, -0.25) is 14.5 Å². The van der Waals surface area contributed by atoms with Crippen LogP contribution in [-0.2, 0) is 16.1 Å². The van der Waals surface area contributed by atoms with Crippen molar-refractivity contribution in [3.8, 4) is 5.75 Å². The van der Waals surface area contributed by atoms with Crippen LogP contribution in [0, 0.1) is 0 Å². The Morgan fingerprint density at radius 1 is 1.04 bits per heavy atom. The van der Waals surface area contributed by atoms with Crippen molar-refractivity contribution in [2.45, 2.75) is 19.1 Å². The largest absolute Gasteiger partial charge is 0.497 e. The third-order valence-corrected chi connectivity index (χ3v) is 5.19. The Bertz CT molecular complexity index is 846. The number of thioether (sulfide) groups is 1. The van der Waals surface area contributed by atoms with Crippen molar-refractivity contribution in [1.29, 1.82) is 0 Å². The fraction of sp³-hybridized carbons (Fsp3) is 0.286. The number of imide groups is 1. The number of carbonyl (C=O) groups is 3. The molecule has 146 valence electrons. The van der Waals surface area contributed by atoms with E-state index in [0.717, 1.165) is 10.5 Å². The molecule has 0 fully saturated rings. The number of esters is 1. The SMILES string of the molecule is COc1ccc(COC(=O)C(CCSC)N2C(=O)c3ccccc3C2=O)cc1.